The first kappa shape index (κ1) is 15.8. The normalized spacial score (nSPS) is 10.9. The number of aromatic nitrogens is 4. The van der Waals surface area contributed by atoms with Gasteiger partial charge < -0.3 is 9.51 Å². The molecule has 1 aromatic carbocycles. The van der Waals surface area contributed by atoms with Gasteiger partial charge in [-0.25, -0.2) is 4.98 Å². The molecule has 3 aromatic rings. The third kappa shape index (κ3) is 4.00. The number of H-pyrrole nitrogens is 1. The van der Waals surface area contributed by atoms with Crippen molar-refractivity contribution in [3.8, 4) is 11.4 Å². The summed E-state index contributed by atoms with van der Waals surface area (Å²) >= 11 is 7.20. The van der Waals surface area contributed by atoms with Gasteiger partial charge in [-0.05, 0) is 30.7 Å². The van der Waals surface area contributed by atoms with E-state index in [2.05, 4.69) is 20.1 Å². The zero-order valence-electron chi connectivity index (χ0n) is 12.2. The topological polar surface area (TPSA) is 84.7 Å². The molecule has 0 radical (unpaired) electrons. The summed E-state index contributed by atoms with van der Waals surface area (Å²) in [5.41, 5.74) is 1.42. The first-order valence-electron chi connectivity index (χ1n) is 6.95. The van der Waals surface area contributed by atoms with E-state index in [0.717, 1.165) is 11.3 Å². The molecule has 0 unspecified atom stereocenters. The maximum atomic E-state index is 11.5. The molecule has 0 aliphatic rings. The van der Waals surface area contributed by atoms with Crippen molar-refractivity contribution in [2.45, 2.75) is 24.3 Å². The quantitative estimate of drug-likeness (QED) is 0.562. The Balaban J connectivity index is 1.71. The van der Waals surface area contributed by atoms with E-state index in [9.17, 15) is 4.79 Å². The van der Waals surface area contributed by atoms with Crippen LogP contribution in [0.4, 0.5) is 0 Å². The minimum atomic E-state index is -0.160. The Morgan fingerprint density at radius 2 is 2.04 bits per heavy atom. The molecule has 0 amide bonds. The van der Waals surface area contributed by atoms with E-state index in [0.29, 0.717) is 34.1 Å². The van der Waals surface area contributed by atoms with E-state index in [1.807, 2.05) is 19.1 Å². The van der Waals surface area contributed by atoms with Crippen LogP contribution in [0.5, 0.6) is 0 Å². The van der Waals surface area contributed by atoms with Crippen molar-refractivity contribution >= 4 is 23.4 Å². The number of halogens is 1. The molecule has 0 saturated carbocycles. The second-order valence-electron chi connectivity index (χ2n) is 4.70. The Morgan fingerprint density at radius 1 is 1.26 bits per heavy atom. The van der Waals surface area contributed by atoms with Gasteiger partial charge in [0.1, 0.15) is 0 Å². The number of thioether (sulfide) groups is 1. The second-order valence-corrected chi connectivity index (χ2v) is 6.10. The molecule has 0 aliphatic carbocycles. The Bertz CT molecular complexity index is 860. The Labute approximate surface area is 141 Å². The fourth-order valence-corrected chi connectivity index (χ4v) is 2.75. The molecule has 0 spiro atoms. The minimum Gasteiger partial charge on any atom is -0.338 e. The average Bonchev–Trinajstić information content (AvgIpc) is 3.02. The highest BCUT2D eigenvalue weighted by Crippen LogP contribution is 2.22. The van der Waals surface area contributed by atoms with Gasteiger partial charge >= 0.3 is 0 Å². The van der Waals surface area contributed by atoms with Gasteiger partial charge in [0, 0.05) is 22.3 Å². The molecule has 23 heavy (non-hydrogen) atoms. The number of aromatic amines is 1. The van der Waals surface area contributed by atoms with Gasteiger partial charge in [0.2, 0.25) is 11.7 Å². The summed E-state index contributed by atoms with van der Waals surface area (Å²) in [5, 5.41) is 5.14. The van der Waals surface area contributed by atoms with Crippen LogP contribution in [0, 0.1) is 0 Å². The van der Waals surface area contributed by atoms with Gasteiger partial charge in [-0.1, -0.05) is 35.4 Å². The summed E-state index contributed by atoms with van der Waals surface area (Å²) in [6.45, 7) is 1.95. The van der Waals surface area contributed by atoms with Gasteiger partial charge in [-0.15, -0.1) is 0 Å². The highest BCUT2D eigenvalue weighted by molar-refractivity contribution is 7.98. The van der Waals surface area contributed by atoms with E-state index in [1.54, 1.807) is 12.1 Å². The lowest BCUT2D eigenvalue weighted by atomic mass is 10.2. The molecule has 6 nitrogen and oxygen atoms in total. The summed E-state index contributed by atoms with van der Waals surface area (Å²) in [6.07, 6.45) is 0.707. The lowest BCUT2D eigenvalue weighted by molar-refractivity contribution is 0.391. The number of aryl methyl sites for hydroxylation is 1. The van der Waals surface area contributed by atoms with Gasteiger partial charge in [0.25, 0.3) is 5.56 Å². The molecule has 118 valence electrons. The van der Waals surface area contributed by atoms with E-state index < -0.39 is 0 Å². The van der Waals surface area contributed by atoms with Crippen molar-refractivity contribution in [2.75, 3.05) is 0 Å². The molecule has 2 aromatic heterocycles. The monoisotopic (exact) mass is 348 g/mol. The molecule has 0 bridgehead atoms. The van der Waals surface area contributed by atoms with Crippen molar-refractivity contribution in [3.05, 3.63) is 57.3 Å². The van der Waals surface area contributed by atoms with Crippen molar-refractivity contribution in [1.29, 1.82) is 0 Å². The van der Waals surface area contributed by atoms with Gasteiger partial charge in [-0.2, -0.15) is 4.98 Å². The molecule has 0 fully saturated rings. The Hall–Kier alpha value is -2.12. The SMILES string of the molecule is CCc1cc(=O)[nH]c(SCc2nc(-c3ccc(Cl)cc3)no2)n1. The molecule has 0 saturated heterocycles. The first-order chi connectivity index (χ1) is 11.1. The van der Waals surface area contributed by atoms with Crippen LogP contribution in [0.15, 0.2) is 44.8 Å². The maximum Gasteiger partial charge on any atom is 0.251 e. The fourth-order valence-electron chi connectivity index (χ4n) is 1.89. The summed E-state index contributed by atoms with van der Waals surface area (Å²) in [4.78, 5) is 22.9. The van der Waals surface area contributed by atoms with Crippen LogP contribution in [0.3, 0.4) is 0 Å². The van der Waals surface area contributed by atoms with Crippen LogP contribution in [0.2, 0.25) is 5.02 Å². The van der Waals surface area contributed by atoms with Crippen LogP contribution in [-0.2, 0) is 12.2 Å². The van der Waals surface area contributed by atoms with E-state index >= 15 is 0 Å². The van der Waals surface area contributed by atoms with Gasteiger partial charge in [-0.3, -0.25) is 4.79 Å². The lowest BCUT2D eigenvalue weighted by Crippen LogP contribution is -2.09. The zero-order valence-corrected chi connectivity index (χ0v) is 13.8. The van der Waals surface area contributed by atoms with Crippen molar-refractivity contribution in [2.24, 2.45) is 0 Å². The number of benzene rings is 1. The lowest BCUT2D eigenvalue weighted by Gasteiger charge is -2.00. The number of rotatable bonds is 5. The number of hydrogen-bond donors (Lipinski definition) is 1. The second kappa shape index (κ2) is 6.97. The third-order valence-electron chi connectivity index (χ3n) is 3.04. The minimum absolute atomic E-state index is 0.160. The van der Waals surface area contributed by atoms with E-state index in [1.165, 1.54) is 17.8 Å². The first-order valence-corrected chi connectivity index (χ1v) is 8.32. The molecular formula is C15H13ClN4O2S. The largest absolute Gasteiger partial charge is 0.338 e. The Kier molecular flexibility index (Phi) is 4.78. The summed E-state index contributed by atoms with van der Waals surface area (Å²) < 4.78 is 5.22. The van der Waals surface area contributed by atoms with Crippen molar-refractivity contribution in [1.82, 2.24) is 20.1 Å². The molecule has 3 rings (SSSR count). The van der Waals surface area contributed by atoms with Crippen molar-refractivity contribution < 1.29 is 4.52 Å². The molecule has 1 N–H and O–H groups in total. The van der Waals surface area contributed by atoms with Crippen LogP contribution < -0.4 is 5.56 Å². The summed E-state index contributed by atoms with van der Waals surface area (Å²) in [7, 11) is 0. The van der Waals surface area contributed by atoms with Crippen LogP contribution in [0.25, 0.3) is 11.4 Å². The third-order valence-corrected chi connectivity index (χ3v) is 4.15. The molecule has 8 heteroatoms. The number of hydrogen-bond acceptors (Lipinski definition) is 6. The standard InChI is InChI=1S/C15H13ClN4O2S/c1-2-11-7-12(21)18-15(17-11)23-8-13-19-14(20-22-13)9-3-5-10(16)6-4-9/h3-7H,2,8H2,1H3,(H,17,18,21). The smallest absolute Gasteiger partial charge is 0.251 e. The predicted octanol–water partition coefficient (Wildman–Crippen LogP) is 3.33. The molecule has 2 heterocycles. The molecule has 0 atom stereocenters. The Morgan fingerprint density at radius 3 is 2.78 bits per heavy atom. The van der Waals surface area contributed by atoms with Crippen molar-refractivity contribution in [3.63, 3.8) is 0 Å². The number of nitrogens with zero attached hydrogens (tertiary/aromatic N) is 3. The van der Waals surface area contributed by atoms with Crippen LogP contribution >= 0.6 is 23.4 Å². The van der Waals surface area contributed by atoms with Crippen LogP contribution in [-0.4, -0.2) is 20.1 Å². The summed E-state index contributed by atoms with van der Waals surface area (Å²) in [6, 6.07) is 8.69. The maximum absolute atomic E-state index is 11.5. The van der Waals surface area contributed by atoms with E-state index in [-0.39, 0.29) is 5.56 Å². The predicted molar refractivity (Wildman–Crippen MR) is 88.5 cm³/mol. The highest BCUT2D eigenvalue weighted by atomic mass is 35.5. The molecule has 0 aliphatic heterocycles. The zero-order chi connectivity index (χ0) is 16.2. The van der Waals surface area contributed by atoms with Gasteiger partial charge in [0.05, 0.1) is 5.75 Å². The summed E-state index contributed by atoms with van der Waals surface area (Å²) in [5.74, 6) is 1.39. The highest BCUT2D eigenvalue weighted by Gasteiger charge is 2.10. The van der Waals surface area contributed by atoms with Crippen LogP contribution in [0.1, 0.15) is 18.5 Å². The average molecular weight is 349 g/mol. The van der Waals surface area contributed by atoms with E-state index in [4.69, 9.17) is 16.1 Å². The fraction of sp³-hybridized carbons (Fsp3) is 0.200. The number of nitrogens with one attached hydrogen (secondary N) is 1. The van der Waals surface area contributed by atoms with Gasteiger partial charge in [0.15, 0.2) is 5.16 Å². The molecular weight excluding hydrogens is 336 g/mol.